The van der Waals surface area contributed by atoms with Gasteiger partial charge in [-0.2, -0.15) is 0 Å². The Morgan fingerprint density at radius 3 is 3.00 bits per heavy atom. The molecule has 0 atom stereocenters. The minimum absolute atomic E-state index is 0.0155. The van der Waals surface area contributed by atoms with Crippen LogP contribution in [0.1, 0.15) is 29.6 Å². The summed E-state index contributed by atoms with van der Waals surface area (Å²) in [5, 5.41) is 3.83. The van der Waals surface area contributed by atoms with Crippen molar-refractivity contribution < 1.29 is 9.21 Å². The monoisotopic (exact) mass is 228 g/mol. The lowest BCUT2D eigenvalue weighted by Gasteiger charge is -2.05. The van der Waals surface area contributed by atoms with E-state index in [0.717, 1.165) is 23.9 Å². The Morgan fingerprint density at radius 2 is 2.18 bits per heavy atom. The van der Waals surface area contributed by atoms with Crippen LogP contribution in [-0.2, 0) is 0 Å². The van der Waals surface area contributed by atoms with Crippen LogP contribution in [-0.4, -0.2) is 12.5 Å². The highest BCUT2D eigenvalue weighted by Gasteiger charge is 2.21. The molecule has 0 saturated heterocycles. The molecule has 1 aromatic carbocycles. The van der Waals surface area contributed by atoms with Gasteiger partial charge in [-0.1, -0.05) is 6.07 Å². The standard InChI is InChI=1S/C14H14NO2/c16-14(15-8-6-10-4-5-10)12-2-1-3-13-11(12)7-9-17-13/h1-3,7,9H,4-6,8H2,(H,15,16). The number of fused-ring (bicyclic) bond motifs is 1. The van der Waals surface area contributed by atoms with Gasteiger partial charge >= 0.3 is 0 Å². The van der Waals surface area contributed by atoms with Crippen molar-refractivity contribution in [3.8, 4) is 0 Å². The Bertz CT molecular complexity index is 540. The van der Waals surface area contributed by atoms with Gasteiger partial charge in [0.05, 0.1) is 11.8 Å². The SMILES string of the molecule is O=C(NCC[C]1CC1)c1cccc2occc12. The summed E-state index contributed by atoms with van der Waals surface area (Å²) in [6.07, 6.45) is 5.12. The summed E-state index contributed by atoms with van der Waals surface area (Å²) >= 11 is 0. The van der Waals surface area contributed by atoms with Gasteiger partial charge in [-0.15, -0.1) is 0 Å². The predicted octanol–water partition coefficient (Wildman–Crippen LogP) is 2.92. The Balaban J connectivity index is 1.72. The molecule has 0 aliphatic heterocycles. The smallest absolute Gasteiger partial charge is 0.252 e. The molecule has 1 aromatic heterocycles. The normalized spacial score (nSPS) is 15.1. The molecule has 17 heavy (non-hydrogen) atoms. The van der Waals surface area contributed by atoms with Gasteiger partial charge in [-0.25, -0.2) is 0 Å². The second kappa shape index (κ2) is 4.24. The van der Waals surface area contributed by atoms with E-state index in [0.29, 0.717) is 5.56 Å². The molecular weight excluding hydrogens is 214 g/mol. The van der Waals surface area contributed by atoms with Crippen molar-refractivity contribution in [3.63, 3.8) is 0 Å². The van der Waals surface area contributed by atoms with E-state index in [9.17, 15) is 4.79 Å². The second-order valence-electron chi connectivity index (χ2n) is 4.39. The molecule has 0 bridgehead atoms. The Kier molecular flexibility index (Phi) is 2.59. The Morgan fingerprint density at radius 1 is 1.29 bits per heavy atom. The number of carbonyl (C=O) groups excluding carboxylic acids is 1. The third-order valence-corrected chi connectivity index (χ3v) is 3.11. The summed E-state index contributed by atoms with van der Waals surface area (Å²) in [6, 6.07) is 7.37. The number of benzene rings is 1. The van der Waals surface area contributed by atoms with Crippen molar-refractivity contribution in [2.24, 2.45) is 0 Å². The van der Waals surface area contributed by atoms with Crippen molar-refractivity contribution in [1.82, 2.24) is 5.32 Å². The summed E-state index contributed by atoms with van der Waals surface area (Å²) < 4.78 is 5.28. The highest BCUT2D eigenvalue weighted by atomic mass is 16.3. The third-order valence-electron chi connectivity index (χ3n) is 3.11. The molecule has 1 radical (unpaired) electrons. The maximum Gasteiger partial charge on any atom is 0.252 e. The molecule has 1 heterocycles. The lowest BCUT2D eigenvalue weighted by molar-refractivity contribution is 0.0955. The van der Waals surface area contributed by atoms with Crippen molar-refractivity contribution in [2.45, 2.75) is 19.3 Å². The summed E-state index contributed by atoms with van der Waals surface area (Å²) in [7, 11) is 0. The van der Waals surface area contributed by atoms with Gasteiger partial charge < -0.3 is 9.73 Å². The van der Waals surface area contributed by atoms with Crippen molar-refractivity contribution >= 4 is 16.9 Å². The molecule has 1 N–H and O–H groups in total. The lowest BCUT2D eigenvalue weighted by atomic mass is 10.1. The topological polar surface area (TPSA) is 42.2 Å². The van der Waals surface area contributed by atoms with Gasteiger partial charge in [-0.3, -0.25) is 4.79 Å². The molecule has 3 nitrogen and oxygen atoms in total. The van der Waals surface area contributed by atoms with E-state index < -0.39 is 0 Å². The lowest BCUT2D eigenvalue weighted by Crippen LogP contribution is -2.24. The fourth-order valence-electron chi connectivity index (χ4n) is 1.98. The van der Waals surface area contributed by atoms with Gasteiger partial charge in [-0.05, 0) is 43.4 Å². The maximum absolute atomic E-state index is 12.0. The molecule has 3 heteroatoms. The quantitative estimate of drug-likeness (QED) is 0.874. The van der Waals surface area contributed by atoms with Gasteiger partial charge in [0.2, 0.25) is 0 Å². The largest absolute Gasteiger partial charge is 0.464 e. The Labute approximate surface area is 99.8 Å². The van der Waals surface area contributed by atoms with E-state index in [-0.39, 0.29) is 5.91 Å². The summed E-state index contributed by atoms with van der Waals surface area (Å²) in [5.74, 6) is 1.55. The molecule has 87 valence electrons. The van der Waals surface area contributed by atoms with E-state index in [2.05, 4.69) is 5.32 Å². The van der Waals surface area contributed by atoms with Crippen LogP contribution in [0.15, 0.2) is 34.9 Å². The highest BCUT2D eigenvalue weighted by Crippen LogP contribution is 2.34. The van der Waals surface area contributed by atoms with Crippen LogP contribution in [0.2, 0.25) is 0 Å². The first-order valence-corrected chi connectivity index (χ1v) is 5.92. The van der Waals surface area contributed by atoms with Crippen molar-refractivity contribution in [2.75, 3.05) is 6.54 Å². The second-order valence-corrected chi connectivity index (χ2v) is 4.39. The van der Waals surface area contributed by atoms with Crippen molar-refractivity contribution in [3.05, 3.63) is 42.0 Å². The van der Waals surface area contributed by atoms with Crippen LogP contribution in [0, 0.1) is 5.92 Å². The van der Waals surface area contributed by atoms with Crippen LogP contribution in [0.25, 0.3) is 11.0 Å². The Hall–Kier alpha value is -1.77. The number of furan rings is 1. The van der Waals surface area contributed by atoms with Crippen LogP contribution in [0.4, 0.5) is 0 Å². The van der Waals surface area contributed by atoms with Gasteiger partial charge in [0.1, 0.15) is 5.58 Å². The average molecular weight is 228 g/mol. The third kappa shape index (κ3) is 2.18. The van der Waals surface area contributed by atoms with E-state index in [1.807, 2.05) is 24.3 Å². The fourth-order valence-corrected chi connectivity index (χ4v) is 1.98. The van der Waals surface area contributed by atoms with Gasteiger partial charge in [0.25, 0.3) is 5.91 Å². The predicted molar refractivity (Wildman–Crippen MR) is 65.6 cm³/mol. The highest BCUT2D eigenvalue weighted by molar-refractivity contribution is 6.05. The van der Waals surface area contributed by atoms with Crippen LogP contribution < -0.4 is 5.32 Å². The zero-order valence-electron chi connectivity index (χ0n) is 9.53. The first kappa shape index (κ1) is 10.4. The van der Waals surface area contributed by atoms with Crippen LogP contribution in [0.3, 0.4) is 0 Å². The first-order chi connectivity index (χ1) is 8.34. The molecule has 3 rings (SSSR count). The molecule has 1 fully saturated rings. The minimum atomic E-state index is -0.0155. The van der Waals surface area contributed by atoms with Gasteiger partial charge in [0, 0.05) is 11.9 Å². The molecular formula is C14H14NO2. The fraction of sp³-hybridized carbons (Fsp3) is 0.286. The maximum atomic E-state index is 12.0. The van der Waals surface area contributed by atoms with Crippen molar-refractivity contribution in [1.29, 1.82) is 0 Å². The zero-order chi connectivity index (χ0) is 11.7. The van der Waals surface area contributed by atoms with Crippen LogP contribution in [0.5, 0.6) is 0 Å². The number of nitrogens with one attached hydrogen (secondary N) is 1. The molecule has 1 saturated carbocycles. The molecule has 2 aromatic rings. The number of hydrogen-bond acceptors (Lipinski definition) is 2. The van der Waals surface area contributed by atoms with E-state index in [1.54, 1.807) is 12.2 Å². The number of amides is 1. The van der Waals surface area contributed by atoms with E-state index in [1.165, 1.54) is 12.8 Å². The average Bonchev–Trinajstić information content (AvgIpc) is 3.04. The van der Waals surface area contributed by atoms with Crippen LogP contribution >= 0.6 is 0 Å². The number of rotatable bonds is 4. The van der Waals surface area contributed by atoms with E-state index >= 15 is 0 Å². The summed E-state index contributed by atoms with van der Waals surface area (Å²) in [5.41, 5.74) is 1.45. The summed E-state index contributed by atoms with van der Waals surface area (Å²) in [4.78, 5) is 12.0. The molecule has 0 spiro atoms. The minimum Gasteiger partial charge on any atom is -0.464 e. The molecule has 1 aliphatic rings. The molecule has 1 aliphatic carbocycles. The number of hydrogen-bond donors (Lipinski definition) is 1. The molecule has 1 amide bonds. The molecule has 0 unspecified atom stereocenters. The van der Waals surface area contributed by atoms with Gasteiger partial charge in [0.15, 0.2) is 0 Å². The zero-order valence-corrected chi connectivity index (χ0v) is 9.53. The number of carbonyl (C=O) groups is 1. The van der Waals surface area contributed by atoms with E-state index in [4.69, 9.17) is 4.42 Å². The summed E-state index contributed by atoms with van der Waals surface area (Å²) in [6.45, 7) is 0.738. The first-order valence-electron chi connectivity index (χ1n) is 5.92.